The zero-order valence-corrected chi connectivity index (χ0v) is 19.7. The molecule has 4 aromatic rings. The first-order chi connectivity index (χ1) is 17.3. The highest BCUT2D eigenvalue weighted by atomic mass is 32.2. The number of carbonyl (C=O) groups excluding carboxylic acids is 1. The van der Waals surface area contributed by atoms with E-state index in [1.165, 1.54) is 30.3 Å². The molecule has 0 aliphatic carbocycles. The van der Waals surface area contributed by atoms with Crippen molar-refractivity contribution < 1.29 is 27.1 Å². The summed E-state index contributed by atoms with van der Waals surface area (Å²) in [6.07, 6.45) is -4.60. The first kappa shape index (κ1) is 25.2. The van der Waals surface area contributed by atoms with Gasteiger partial charge in [-0.3, -0.25) is 9.36 Å². The van der Waals surface area contributed by atoms with Crippen LogP contribution in [0.5, 0.6) is 5.75 Å². The van der Waals surface area contributed by atoms with E-state index in [0.29, 0.717) is 34.6 Å². The molecule has 0 bridgehead atoms. The average molecular weight is 517 g/mol. The lowest BCUT2D eigenvalue weighted by Crippen LogP contribution is -2.18. The van der Waals surface area contributed by atoms with Gasteiger partial charge >= 0.3 is 6.18 Å². The van der Waals surface area contributed by atoms with E-state index in [0.717, 1.165) is 17.8 Å². The molecule has 1 heterocycles. The Morgan fingerprint density at radius 1 is 1.00 bits per heavy atom. The van der Waals surface area contributed by atoms with E-state index in [4.69, 9.17) is 4.74 Å². The molecule has 1 amide bonds. The number of anilines is 1. The molecule has 3 aromatic carbocycles. The first-order valence-electron chi connectivity index (χ1n) is 10.8. The summed E-state index contributed by atoms with van der Waals surface area (Å²) in [4.78, 5) is 12.5. The third-order valence-electron chi connectivity index (χ3n) is 4.98. The molecule has 0 fully saturated rings. The number of nitrogens with one attached hydrogen (secondary N) is 1. The third kappa shape index (κ3) is 5.85. The predicted molar refractivity (Wildman–Crippen MR) is 129 cm³/mol. The normalized spacial score (nSPS) is 11.4. The smallest absolute Gasteiger partial charge is 0.418 e. The molecule has 186 valence electrons. The molecular weight excluding hydrogens is 496 g/mol. The molecule has 11 heteroatoms. The van der Waals surface area contributed by atoms with Crippen LogP contribution < -0.4 is 10.1 Å². The van der Waals surface area contributed by atoms with Gasteiger partial charge in [0.1, 0.15) is 11.6 Å². The number of halogens is 4. The molecule has 0 radical (unpaired) electrons. The van der Waals surface area contributed by atoms with E-state index in [2.05, 4.69) is 15.5 Å². The van der Waals surface area contributed by atoms with Gasteiger partial charge in [0, 0.05) is 11.3 Å². The molecule has 6 nitrogen and oxygen atoms in total. The maximum Gasteiger partial charge on any atom is 0.418 e. The second-order valence-electron chi connectivity index (χ2n) is 7.46. The summed E-state index contributed by atoms with van der Waals surface area (Å²) >= 11 is 1.01. The molecule has 36 heavy (non-hydrogen) atoms. The largest absolute Gasteiger partial charge is 0.494 e. The van der Waals surface area contributed by atoms with Gasteiger partial charge in [-0.25, -0.2) is 4.39 Å². The van der Waals surface area contributed by atoms with Crippen LogP contribution in [-0.4, -0.2) is 33.0 Å². The van der Waals surface area contributed by atoms with Gasteiger partial charge in [0.05, 0.1) is 23.6 Å². The molecule has 0 aliphatic heterocycles. The van der Waals surface area contributed by atoms with Crippen molar-refractivity contribution in [1.82, 2.24) is 14.8 Å². The van der Waals surface area contributed by atoms with Gasteiger partial charge in [0.2, 0.25) is 5.91 Å². The highest BCUT2D eigenvalue weighted by Gasteiger charge is 2.33. The molecule has 0 aliphatic rings. The standard InChI is InChI=1S/C25H20F4N4O2S/c1-2-35-19-13-11-18(12-14-19)33-23(16-7-9-17(26)10-8-16)31-32-24(33)36-15-22(34)30-21-6-4-3-5-20(21)25(27,28)29/h3-14H,2,15H2,1H3,(H,30,34). The Kier molecular flexibility index (Phi) is 7.58. The van der Waals surface area contributed by atoms with Gasteiger partial charge in [-0.2, -0.15) is 13.2 Å². The van der Waals surface area contributed by atoms with Gasteiger partial charge in [0.15, 0.2) is 11.0 Å². The second kappa shape index (κ2) is 10.8. The summed E-state index contributed by atoms with van der Waals surface area (Å²) in [6.45, 7) is 2.37. The van der Waals surface area contributed by atoms with Crippen LogP contribution in [0.4, 0.5) is 23.2 Å². The molecule has 4 rings (SSSR count). The number of ether oxygens (including phenoxy) is 1. The summed E-state index contributed by atoms with van der Waals surface area (Å²) in [7, 11) is 0. The molecule has 0 saturated heterocycles. The van der Waals surface area contributed by atoms with Crippen molar-refractivity contribution in [1.29, 1.82) is 0 Å². The SMILES string of the molecule is CCOc1ccc(-n2c(SCC(=O)Nc3ccccc3C(F)(F)F)nnc2-c2ccc(F)cc2)cc1. The third-order valence-corrected chi connectivity index (χ3v) is 5.91. The molecule has 0 atom stereocenters. The Morgan fingerprint density at radius 3 is 2.36 bits per heavy atom. The van der Waals surface area contributed by atoms with Crippen LogP contribution in [0, 0.1) is 5.82 Å². The molecule has 1 N–H and O–H groups in total. The summed E-state index contributed by atoms with van der Waals surface area (Å²) in [5.41, 5.74) is -0.00336. The number of hydrogen-bond donors (Lipinski definition) is 1. The number of carbonyl (C=O) groups is 1. The fourth-order valence-corrected chi connectivity index (χ4v) is 4.15. The van der Waals surface area contributed by atoms with E-state index in [1.54, 1.807) is 41.0 Å². The second-order valence-corrected chi connectivity index (χ2v) is 8.40. The van der Waals surface area contributed by atoms with Crippen molar-refractivity contribution in [2.45, 2.75) is 18.3 Å². The minimum absolute atomic E-state index is 0.217. The Balaban J connectivity index is 1.60. The number of benzene rings is 3. The first-order valence-corrected chi connectivity index (χ1v) is 11.8. The Bertz CT molecular complexity index is 1340. The fraction of sp³-hybridized carbons (Fsp3) is 0.160. The van der Waals surface area contributed by atoms with Crippen LogP contribution in [0.25, 0.3) is 17.1 Å². The van der Waals surface area contributed by atoms with Crippen molar-refractivity contribution in [2.24, 2.45) is 0 Å². The maximum absolute atomic E-state index is 13.5. The minimum Gasteiger partial charge on any atom is -0.494 e. The number of thioether (sulfide) groups is 1. The lowest BCUT2D eigenvalue weighted by molar-refractivity contribution is -0.137. The van der Waals surface area contributed by atoms with Crippen molar-refractivity contribution in [2.75, 3.05) is 17.7 Å². The Labute approximate surface area is 208 Å². The van der Waals surface area contributed by atoms with Crippen LogP contribution in [0.2, 0.25) is 0 Å². The zero-order chi connectivity index (χ0) is 25.7. The van der Waals surface area contributed by atoms with Gasteiger partial charge in [-0.1, -0.05) is 23.9 Å². The van der Waals surface area contributed by atoms with Gasteiger partial charge < -0.3 is 10.1 Å². The quantitative estimate of drug-likeness (QED) is 0.222. The van der Waals surface area contributed by atoms with Crippen LogP contribution in [0.1, 0.15) is 12.5 Å². The number of para-hydroxylation sites is 1. The summed E-state index contributed by atoms with van der Waals surface area (Å²) in [6, 6.07) is 17.6. The highest BCUT2D eigenvalue weighted by Crippen LogP contribution is 2.35. The van der Waals surface area contributed by atoms with Crippen LogP contribution >= 0.6 is 11.8 Å². The molecular formula is C25H20F4N4O2S. The van der Waals surface area contributed by atoms with E-state index in [-0.39, 0.29) is 11.4 Å². The van der Waals surface area contributed by atoms with Crippen molar-refractivity contribution in [3.05, 3.63) is 84.2 Å². The minimum atomic E-state index is -4.60. The summed E-state index contributed by atoms with van der Waals surface area (Å²) in [5.74, 6) is -0.193. The monoisotopic (exact) mass is 516 g/mol. The highest BCUT2D eigenvalue weighted by molar-refractivity contribution is 7.99. The topological polar surface area (TPSA) is 69.0 Å². The zero-order valence-electron chi connectivity index (χ0n) is 18.9. The molecule has 0 unspecified atom stereocenters. The van der Waals surface area contributed by atoms with Crippen LogP contribution in [0.3, 0.4) is 0 Å². The summed E-state index contributed by atoms with van der Waals surface area (Å²) in [5, 5.41) is 11.0. The number of nitrogens with zero attached hydrogens (tertiary/aromatic N) is 3. The van der Waals surface area contributed by atoms with Gasteiger partial charge in [0.25, 0.3) is 0 Å². The van der Waals surface area contributed by atoms with Crippen LogP contribution in [0.15, 0.2) is 78.0 Å². The number of hydrogen-bond acceptors (Lipinski definition) is 5. The summed E-state index contributed by atoms with van der Waals surface area (Å²) < 4.78 is 60.4. The fourth-order valence-electron chi connectivity index (χ4n) is 3.40. The maximum atomic E-state index is 13.5. The molecule has 1 aromatic heterocycles. The lowest BCUT2D eigenvalue weighted by Gasteiger charge is -2.14. The number of amides is 1. The number of rotatable bonds is 8. The van der Waals surface area contributed by atoms with E-state index >= 15 is 0 Å². The Morgan fingerprint density at radius 2 is 1.69 bits per heavy atom. The van der Waals surface area contributed by atoms with Crippen molar-refractivity contribution >= 4 is 23.4 Å². The number of alkyl halides is 3. The average Bonchev–Trinajstić information content (AvgIpc) is 3.27. The predicted octanol–water partition coefficient (Wildman–Crippen LogP) is 6.22. The van der Waals surface area contributed by atoms with E-state index in [1.807, 2.05) is 6.92 Å². The Hall–Kier alpha value is -3.86. The van der Waals surface area contributed by atoms with E-state index < -0.39 is 23.5 Å². The molecule has 0 spiro atoms. The molecule has 0 saturated carbocycles. The van der Waals surface area contributed by atoms with E-state index in [9.17, 15) is 22.4 Å². The van der Waals surface area contributed by atoms with Gasteiger partial charge in [-0.05, 0) is 67.6 Å². The lowest BCUT2D eigenvalue weighted by atomic mass is 10.1. The van der Waals surface area contributed by atoms with Crippen molar-refractivity contribution in [3.8, 4) is 22.8 Å². The number of aromatic nitrogens is 3. The van der Waals surface area contributed by atoms with Gasteiger partial charge in [-0.15, -0.1) is 10.2 Å². The van der Waals surface area contributed by atoms with Crippen LogP contribution in [-0.2, 0) is 11.0 Å². The van der Waals surface area contributed by atoms with Crippen molar-refractivity contribution in [3.63, 3.8) is 0 Å².